The summed E-state index contributed by atoms with van der Waals surface area (Å²) in [5.41, 5.74) is 1.42. The summed E-state index contributed by atoms with van der Waals surface area (Å²) in [7, 11) is 0. The summed E-state index contributed by atoms with van der Waals surface area (Å²) in [6.45, 7) is 2.90. The van der Waals surface area contributed by atoms with Crippen LogP contribution in [0.3, 0.4) is 0 Å². The predicted molar refractivity (Wildman–Crippen MR) is 70.9 cm³/mol. The van der Waals surface area contributed by atoms with Crippen molar-refractivity contribution in [3.63, 3.8) is 0 Å². The minimum absolute atomic E-state index is 0.803. The molecule has 2 aliphatic carbocycles. The van der Waals surface area contributed by atoms with Crippen molar-refractivity contribution in [1.82, 2.24) is 4.90 Å². The topological polar surface area (TPSA) is 12.5 Å². The number of rotatable bonds is 2. The number of ether oxygens (including phenoxy) is 1. The van der Waals surface area contributed by atoms with Crippen LogP contribution in [0.1, 0.15) is 24.8 Å². The van der Waals surface area contributed by atoms with Crippen LogP contribution >= 0.6 is 0 Å². The third-order valence-electron chi connectivity index (χ3n) is 5.26. The normalized spacial score (nSPS) is 38.9. The molecule has 4 rings (SSSR count). The van der Waals surface area contributed by atoms with Crippen LogP contribution in [-0.4, -0.2) is 24.3 Å². The summed E-state index contributed by atoms with van der Waals surface area (Å²) < 4.78 is 5.85. The second-order valence-corrected chi connectivity index (χ2v) is 6.22. The largest absolute Gasteiger partial charge is 0.366 e. The molecule has 2 bridgehead atoms. The summed E-state index contributed by atoms with van der Waals surface area (Å²) in [6.07, 6.45) is 4.37. The Balaban J connectivity index is 1.54. The number of hydrogen-bond acceptors (Lipinski definition) is 2. The average Bonchev–Trinajstić information content (AvgIpc) is 3.02. The molecule has 4 atom stereocenters. The Morgan fingerprint density at radius 2 is 1.94 bits per heavy atom. The summed E-state index contributed by atoms with van der Waals surface area (Å²) in [4.78, 5) is 2.59. The Labute approximate surface area is 109 Å². The first-order valence-corrected chi connectivity index (χ1v) is 7.27. The lowest BCUT2D eigenvalue weighted by Gasteiger charge is -2.43. The molecule has 2 nitrogen and oxygen atoms in total. The maximum Gasteiger partial charge on any atom is 0.0995 e. The van der Waals surface area contributed by atoms with Gasteiger partial charge >= 0.3 is 0 Å². The van der Waals surface area contributed by atoms with E-state index in [-0.39, 0.29) is 0 Å². The van der Waals surface area contributed by atoms with Crippen molar-refractivity contribution in [3.05, 3.63) is 35.9 Å². The number of benzene rings is 1. The molecular weight excluding hydrogens is 222 g/mol. The lowest BCUT2D eigenvalue weighted by Crippen LogP contribution is -2.50. The summed E-state index contributed by atoms with van der Waals surface area (Å²) in [5, 5.41) is 0. The van der Waals surface area contributed by atoms with Crippen molar-refractivity contribution in [3.8, 4) is 0 Å². The molecule has 0 amide bonds. The zero-order valence-electron chi connectivity index (χ0n) is 10.8. The van der Waals surface area contributed by atoms with Crippen LogP contribution in [0.4, 0.5) is 0 Å². The first-order chi connectivity index (χ1) is 8.92. The van der Waals surface area contributed by atoms with E-state index >= 15 is 0 Å². The smallest absolute Gasteiger partial charge is 0.0995 e. The monoisotopic (exact) mass is 243 g/mol. The SMILES string of the molecule is c1ccc(CN2COC[C@H]3[C@H]4CC[C@H](C4)[C@H]32)cc1. The minimum atomic E-state index is 0.803. The van der Waals surface area contributed by atoms with Gasteiger partial charge in [0.2, 0.25) is 0 Å². The molecule has 1 saturated heterocycles. The van der Waals surface area contributed by atoms with E-state index in [1.54, 1.807) is 0 Å². The molecule has 96 valence electrons. The van der Waals surface area contributed by atoms with E-state index in [2.05, 4.69) is 35.2 Å². The van der Waals surface area contributed by atoms with Crippen molar-refractivity contribution in [2.45, 2.75) is 31.8 Å². The Bertz CT molecular complexity index is 418. The van der Waals surface area contributed by atoms with E-state index < -0.39 is 0 Å². The first kappa shape index (κ1) is 11.0. The molecule has 2 saturated carbocycles. The quantitative estimate of drug-likeness (QED) is 0.792. The van der Waals surface area contributed by atoms with Crippen molar-refractivity contribution >= 4 is 0 Å². The van der Waals surface area contributed by atoms with E-state index in [4.69, 9.17) is 4.74 Å². The van der Waals surface area contributed by atoms with Crippen molar-refractivity contribution < 1.29 is 4.74 Å². The molecule has 1 aromatic carbocycles. The molecule has 0 aromatic heterocycles. The first-order valence-electron chi connectivity index (χ1n) is 7.27. The van der Waals surface area contributed by atoms with Crippen LogP contribution in [-0.2, 0) is 11.3 Å². The molecular formula is C16H21NO. The highest BCUT2D eigenvalue weighted by Gasteiger charge is 2.51. The maximum absolute atomic E-state index is 5.85. The van der Waals surface area contributed by atoms with Crippen LogP contribution in [0.5, 0.6) is 0 Å². The van der Waals surface area contributed by atoms with Crippen molar-refractivity contribution in [2.75, 3.05) is 13.3 Å². The Kier molecular flexibility index (Phi) is 2.66. The molecule has 18 heavy (non-hydrogen) atoms. The number of hydrogen-bond donors (Lipinski definition) is 0. The van der Waals surface area contributed by atoms with Gasteiger partial charge in [0.1, 0.15) is 0 Å². The zero-order valence-corrected chi connectivity index (χ0v) is 10.8. The van der Waals surface area contributed by atoms with Gasteiger partial charge in [-0.3, -0.25) is 4.90 Å². The number of fused-ring (bicyclic) bond motifs is 5. The van der Waals surface area contributed by atoms with E-state index in [1.165, 1.54) is 24.8 Å². The number of nitrogens with zero attached hydrogens (tertiary/aromatic N) is 1. The molecule has 1 aliphatic heterocycles. The van der Waals surface area contributed by atoms with E-state index in [9.17, 15) is 0 Å². The summed E-state index contributed by atoms with van der Waals surface area (Å²) in [5.74, 6) is 2.73. The fourth-order valence-corrected chi connectivity index (χ4v) is 4.54. The Hall–Kier alpha value is -0.860. The molecule has 0 radical (unpaired) electrons. The predicted octanol–water partition coefficient (Wildman–Crippen LogP) is 2.89. The highest BCUT2D eigenvalue weighted by Crippen LogP contribution is 2.51. The zero-order chi connectivity index (χ0) is 11.9. The highest BCUT2D eigenvalue weighted by atomic mass is 16.5. The standard InChI is InChI=1S/C16H21NO/c1-2-4-12(5-3-1)9-17-11-18-10-15-13-6-7-14(8-13)16(15)17/h1-5,13-16H,6-11H2/t13-,14+,15-,16+/m0/s1. The van der Waals surface area contributed by atoms with Gasteiger partial charge in [0.15, 0.2) is 0 Å². The molecule has 0 spiro atoms. The average molecular weight is 243 g/mol. The van der Waals surface area contributed by atoms with Gasteiger partial charge in [-0.15, -0.1) is 0 Å². The molecule has 1 aromatic rings. The lowest BCUT2D eigenvalue weighted by atomic mass is 9.83. The van der Waals surface area contributed by atoms with Crippen LogP contribution < -0.4 is 0 Å². The van der Waals surface area contributed by atoms with Gasteiger partial charge in [0, 0.05) is 18.5 Å². The van der Waals surface area contributed by atoms with E-state index in [0.29, 0.717) is 0 Å². The third kappa shape index (κ3) is 1.70. The molecule has 3 fully saturated rings. The van der Waals surface area contributed by atoms with Crippen LogP contribution in [0.25, 0.3) is 0 Å². The lowest BCUT2D eigenvalue weighted by molar-refractivity contribution is -0.104. The molecule has 0 unspecified atom stereocenters. The summed E-state index contributed by atoms with van der Waals surface area (Å²) >= 11 is 0. The Morgan fingerprint density at radius 1 is 1.11 bits per heavy atom. The van der Waals surface area contributed by atoms with Gasteiger partial charge in [-0.25, -0.2) is 0 Å². The minimum Gasteiger partial charge on any atom is -0.366 e. The van der Waals surface area contributed by atoms with Gasteiger partial charge in [-0.1, -0.05) is 30.3 Å². The highest BCUT2D eigenvalue weighted by molar-refractivity contribution is 5.15. The van der Waals surface area contributed by atoms with Crippen LogP contribution in [0.15, 0.2) is 30.3 Å². The second-order valence-electron chi connectivity index (χ2n) is 6.22. The maximum atomic E-state index is 5.85. The second kappa shape index (κ2) is 4.36. The summed E-state index contributed by atoms with van der Waals surface area (Å²) in [6, 6.07) is 11.6. The van der Waals surface area contributed by atoms with Gasteiger partial charge in [-0.2, -0.15) is 0 Å². The molecule has 1 heterocycles. The fraction of sp³-hybridized carbons (Fsp3) is 0.625. The van der Waals surface area contributed by atoms with E-state index in [1.807, 2.05) is 0 Å². The van der Waals surface area contributed by atoms with Gasteiger partial charge < -0.3 is 4.74 Å². The van der Waals surface area contributed by atoms with Gasteiger partial charge in [-0.05, 0) is 36.7 Å². The van der Waals surface area contributed by atoms with Crippen LogP contribution in [0.2, 0.25) is 0 Å². The van der Waals surface area contributed by atoms with Crippen molar-refractivity contribution in [2.24, 2.45) is 17.8 Å². The third-order valence-corrected chi connectivity index (χ3v) is 5.26. The van der Waals surface area contributed by atoms with Gasteiger partial charge in [0.25, 0.3) is 0 Å². The Morgan fingerprint density at radius 3 is 2.83 bits per heavy atom. The molecule has 2 heteroatoms. The van der Waals surface area contributed by atoms with Crippen molar-refractivity contribution in [1.29, 1.82) is 0 Å². The van der Waals surface area contributed by atoms with Crippen LogP contribution in [0, 0.1) is 17.8 Å². The molecule has 3 aliphatic rings. The van der Waals surface area contributed by atoms with E-state index in [0.717, 1.165) is 43.7 Å². The molecule has 0 N–H and O–H groups in total. The fourth-order valence-electron chi connectivity index (χ4n) is 4.54. The van der Waals surface area contributed by atoms with Gasteiger partial charge in [0.05, 0.1) is 13.3 Å².